The molecule has 94 valence electrons. The first-order valence-electron chi connectivity index (χ1n) is 5.65. The van der Waals surface area contributed by atoms with Gasteiger partial charge < -0.3 is 10.5 Å². The number of nitrogen functional groups attached to an aromatic ring is 1. The summed E-state index contributed by atoms with van der Waals surface area (Å²) in [5.41, 5.74) is 6.87. The minimum absolute atomic E-state index is 0.112. The lowest BCUT2D eigenvalue weighted by atomic mass is 10.2. The van der Waals surface area contributed by atoms with Crippen molar-refractivity contribution in [1.82, 2.24) is 0 Å². The van der Waals surface area contributed by atoms with Crippen LogP contribution in [0.2, 0.25) is 0 Å². The van der Waals surface area contributed by atoms with Crippen molar-refractivity contribution in [3.05, 3.63) is 23.8 Å². The topological polar surface area (TPSA) is 69.4 Å². The number of hydrogen-bond acceptors (Lipinski definition) is 4. The highest BCUT2D eigenvalue weighted by Gasteiger charge is 2.25. The summed E-state index contributed by atoms with van der Waals surface area (Å²) in [5.74, 6) is 0.262. The van der Waals surface area contributed by atoms with Crippen LogP contribution >= 0.6 is 0 Å². The van der Waals surface area contributed by atoms with E-state index in [0.717, 1.165) is 12.0 Å². The molecule has 1 saturated heterocycles. The highest BCUT2D eigenvalue weighted by Crippen LogP contribution is 2.24. The summed E-state index contributed by atoms with van der Waals surface area (Å²) in [6, 6.07) is 5.00. The summed E-state index contributed by atoms with van der Waals surface area (Å²) in [5, 5.41) is 0. The van der Waals surface area contributed by atoms with Gasteiger partial charge in [0.25, 0.3) is 0 Å². The molecule has 0 radical (unpaired) electrons. The molecule has 1 heterocycles. The predicted octanol–water partition coefficient (Wildman–Crippen LogP) is 1.39. The molecule has 1 aromatic rings. The summed E-state index contributed by atoms with van der Waals surface area (Å²) in [6.45, 7) is 2.99. The predicted molar refractivity (Wildman–Crippen MR) is 66.6 cm³/mol. The van der Waals surface area contributed by atoms with Gasteiger partial charge in [0.15, 0.2) is 9.84 Å². The molecule has 5 heteroatoms. The first-order valence-corrected chi connectivity index (χ1v) is 7.31. The average molecular weight is 255 g/mol. The van der Waals surface area contributed by atoms with E-state index < -0.39 is 9.84 Å². The maximum absolute atomic E-state index is 12.3. The van der Waals surface area contributed by atoms with Gasteiger partial charge in [-0.1, -0.05) is 6.07 Å². The highest BCUT2D eigenvalue weighted by molar-refractivity contribution is 7.91. The maximum Gasteiger partial charge on any atom is 0.179 e. The minimum atomic E-state index is -3.26. The fraction of sp³-hybridized carbons (Fsp3) is 0.500. The molecular formula is C12H17NO3S. The van der Waals surface area contributed by atoms with Crippen LogP contribution in [0.1, 0.15) is 12.0 Å². The molecule has 4 nitrogen and oxygen atoms in total. The zero-order valence-corrected chi connectivity index (χ0v) is 10.7. The van der Waals surface area contributed by atoms with Gasteiger partial charge in [0.2, 0.25) is 0 Å². The standard InChI is InChI=1S/C12H17NO3S/c1-9-2-3-11(13)6-12(9)17(14,15)8-10-4-5-16-7-10/h2-3,6,10H,4-5,7-8,13H2,1H3. The summed E-state index contributed by atoms with van der Waals surface area (Å²) >= 11 is 0. The van der Waals surface area contributed by atoms with Gasteiger partial charge in [0.1, 0.15) is 0 Å². The number of nitrogens with two attached hydrogens (primary N) is 1. The minimum Gasteiger partial charge on any atom is -0.399 e. The van der Waals surface area contributed by atoms with Crippen LogP contribution in [0, 0.1) is 12.8 Å². The Morgan fingerprint density at radius 2 is 2.24 bits per heavy atom. The second-order valence-corrected chi connectivity index (χ2v) is 6.54. The Bertz CT molecular complexity index is 504. The number of benzene rings is 1. The van der Waals surface area contributed by atoms with Gasteiger partial charge in [-0.05, 0) is 37.0 Å². The number of rotatable bonds is 3. The van der Waals surface area contributed by atoms with E-state index in [9.17, 15) is 8.42 Å². The summed E-state index contributed by atoms with van der Waals surface area (Å²) < 4.78 is 29.7. The maximum atomic E-state index is 12.3. The van der Waals surface area contributed by atoms with Crippen molar-refractivity contribution in [3.8, 4) is 0 Å². The largest absolute Gasteiger partial charge is 0.399 e. The molecule has 17 heavy (non-hydrogen) atoms. The summed E-state index contributed by atoms with van der Waals surface area (Å²) in [4.78, 5) is 0.351. The molecule has 0 saturated carbocycles. The van der Waals surface area contributed by atoms with Gasteiger partial charge in [-0.2, -0.15) is 0 Å². The Hall–Kier alpha value is -1.07. The molecule has 1 aliphatic heterocycles. The fourth-order valence-electron chi connectivity index (χ4n) is 2.07. The molecule has 0 bridgehead atoms. The van der Waals surface area contributed by atoms with Crippen molar-refractivity contribution < 1.29 is 13.2 Å². The van der Waals surface area contributed by atoms with Gasteiger partial charge in [-0.25, -0.2) is 8.42 Å². The molecule has 1 aromatic carbocycles. The van der Waals surface area contributed by atoms with E-state index in [1.54, 1.807) is 25.1 Å². The van der Waals surface area contributed by atoms with Crippen LogP contribution in [-0.4, -0.2) is 27.4 Å². The van der Waals surface area contributed by atoms with Gasteiger partial charge >= 0.3 is 0 Å². The van der Waals surface area contributed by atoms with Crippen LogP contribution in [-0.2, 0) is 14.6 Å². The summed E-state index contributed by atoms with van der Waals surface area (Å²) in [6.07, 6.45) is 0.820. The zero-order chi connectivity index (χ0) is 12.5. The molecule has 1 atom stereocenters. The smallest absolute Gasteiger partial charge is 0.179 e. The number of ether oxygens (including phenoxy) is 1. The second kappa shape index (κ2) is 4.66. The summed E-state index contributed by atoms with van der Waals surface area (Å²) in [7, 11) is -3.26. The molecule has 1 unspecified atom stereocenters. The Morgan fingerprint density at radius 3 is 2.88 bits per heavy atom. The van der Waals surface area contributed by atoms with E-state index in [-0.39, 0.29) is 11.7 Å². The molecule has 1 aliphatic rings. The second-order valence-electron chi connectivity index (χ2n) is 4.54. The van der Waals surface area contributed by atoms with Crippen molar-refractivity contribution >= 4 is 15.5 Å². The van der Waals surface area contributed by atoms with Crippen LogP contribution in [0.25, 0.3) is 0 Å². The van der Waals surface area contributed by atoms with Crippen molar-refractivity contribution in [1.29, 1.82) is 0 Å². The Kier molecular flexibility index (Phi) is 3.40. The van der Waals surface area contributed by atoms with E-state index in [1.807, 2.05) is 0 Å². The molecule has 0 spiro atoms. The van der Waals surface area contributed by atoms with Crippen LogP contribution in [0.3, 0.4) is 0 Å². The van der Waals surface area contributed by atoms with Crippen LogP contribution < -0.4 is 5.73 Å². The average Bonchev–Trinajstić information content (AvgIpc) is 2.73. The molecular weight excluding hydrogens is 238 g/mol. The van der Waals surface area contributed by atoms with Crippen molar-refractivity contribution in [2.24, 2.45) is 5.92 Å². The van der Waals surface area contributed by atoms with Crippen LogP contribution in [0.5, 0.6) is 0 Å². The quantitative estimate of drug-likeness (QED) is 0.829. The van der Waals surface area contributed by atoms with E-state index in [1.165, 1.54) is 0 Å². The third kappa shape index (κ3) is 2.79. The Balaban J connectivity index is 2.27. The lowest BCUT2D eigenvalue weighted by Crippen LogP contribution is -2.17. The number of hydrogen-bond donors (Lipinski definition) is 1. The van der Waals surface area contributed by atoms with Crippen molar-refractivity contribution in [3.63, 3.8) is 0 Å². The van der Waals surface area contributed by atoms with Gasteiger partial charge in [0.05, 0.1) is 17.3 Å². The van der Waals surface area contributed by atoms with Crippen LogP contribution in [0.15, 0.2) is 23.1 Å². The zero-order valence-electron chi connectivity index (χ0n) is 9.85. The number of aryl methyl sites for hydroxylation is 1. The van der Waals surface area contributed by atoms with Crippen molar-refractivity contribution in [2.45, 2.75) is 18.2 Å². The Morgan fingerprint density at radius 1 is 1.47 bits per heavy atom. The number of sulfone groups is 1. The third-order valence-electron chi connectivity index (χ3n) is 3.03. The first-order chi connectivity index (χ1) is 7.99. The highest BCUT2D eigenvalue weighted by atomic mass is 32.2. The molecule has 0 aliphatic carbocycles. The van der Waals surface area contributed by atoms with Crippen LogP contribution in [0.4, 0.5) is 5.69 Å². The molecule has 0 amide bonds. The lowest BCUT2D eigenvalue weighted by Gasteiger charge is -2.11. The molecule has 1 fully saturated rings. The molecule has 2 N–H and O–H groups in total. The SMILES string of the molecule is Cc1ccc(N)cc1S(=O)(=O)CC1CCOC1. The third-order valence-corrected chi connectivity index (χ3v) is 5.05. The molecule has 2 rings (SSSR count). The van der Waals surface area contributed by atoms with E-state index in [0.29, 0.717) is 23.8 Å². The van der Waals surface area contributed by atoms with E-state index in [4.69, 9.17) is 10.5 Å². The van der Waals surface area contributed by atoms with E-state index >= 15 is 0 Å². The first kappa shape index (κ1) is 12.4. The normalized spacial score (nSPS) is 20.6. The lowest BCUT2D eigenvalue weighted by molar-refractivity contribution is 0.188. The number of anilines is 1. The Labute approximate surface area is 102 Å². The van der Waals surface area contributed by atoms with Gasteiger partial charge in [-0.3, -0.25) is 0 Å². The monoisotopic (exact) mass is 255 g/mol. The fourth-order valence-corrected chi connectivity index (χ4v) is 4.00. The molecule has 0 aromatic heterocycles. The van der Waals surface area contributed by atoms with Crippen molar-refractivity contribution in [2.75, 3.05) is 24.7 Å². The van der Waals surface area contributed by atoms with Gasteiger partial charge in [0, 0.05) is 12.3 Å². The van der Waals surface area contributed by atoms with E-state index in [2.05, 4.69) is 0 Å². The van der Waals surface area contributed by atoms with Gasteiger partial charge in [-0.15, -0.1) is 0 Å².